The number of nitrogens with zero attached hydrogens (tertiary/aromatic N) is 1. The molecule has 1 saturated heterocycles. The van der Waals surface area contributed by atoms with Crippen molar-refractivity contribution in [2.24, 2.45) is 17.3 Å². The van der Waals surface area contributed by atoms with Crippen LogP contribution < -0.4 is 5.32 Å². The lowest BCUT2D eigenvalue weighted by molar-refractivity contribution is -0.134. The molecule has 2 aliphatic carbocycles. The lowest BCUT2D eigenvalue weighted by atomic mass is 9.98. The van der Waals surface area contributed by atoms with Crippen molar-refractivity contribution in [3.63, 3.8) is 0 Å². The highest BCUT2D eigenvalue weighted by molar-refractivity contribution is 5.90. The second-order valence-electron chi connectivity index (χ2n) is 7.40. The van der Waals surface area contributed by atoms with Gasteiger partial charge in [-0.2, -0.15) is 0 Å². The smallest absolute Gasteiger partial charge is 0.245 e. The van der Waals surface area contributed by atoms with Crippen LogP contribution in [-0.4, -0.2) is 35.8 Å². The topological polar surface area (TPSA) is 49.4 Å². The van der Waals surface area contributed by atoms with Crippen LogP contribution in [0.4, 0.5) is 0 Å². The van der Waals surface area contributed by atoms with Crippen molar-refractivity contribution < 1.29 is 9.59 Å². The van der Waals surface area contributed by atoms with Crippen LogP contribution in [0, 0.1) is 17.3 Å². The highest BCUT2D eigenvalue weighted by Crippen LogP contribution is 2.61. The second kappa shape index (κ2) is 5.05. The molecule has 112 valence electrons. The predicted molar refractivity (Wildman–Crippen MR) is 77.0 cm³/mol. The Hall–Kier alpha value is -1.06. The second-order valence-corrected chi connectivity index (χ2v) is 7.40. The van der Waals surface area contributed by atoms with Gasteiger partial charge >= 0.3 is 0 Å². The average molecular weight is 278 g/mol. The van der Waals surface area contributed by atoms with E-state index in [0.29, 0.717) is 24.3 Å². The summed E-state index contributed by atoms with van der Waals surface area (Å²) in [6.45, 7) is 5.69. The maximum atomic E-state index is 12.7. The SMILES string of the molecule is CC(C)CC1NC(=O)CCN(CC2(C3CC3)CC2)C1=O. The predicted octanol–water partition coefficient (Wildman–Crippen LogP) is 1.94. The number of hydrogen-bond acceptors (Lipinski definition) is 2. The first kappa shape index (κ1) is 13.9. The molecule has 4 nitrogen and oxygen atoms in total. The largest absolute Gasteiger partial charge is 0.344 e. The Bertz CT molecular complexity index is 411. The molecule has 0 aromatic carbocycles. The summed E-state index contributed by atoms with van der Waals surface area (Å²) < 4.78 is 0. The maximum Gasteiger partial charge on any atom is 0.245 e. The van der Waals surface area contributed by atoms with Crippen LogP contribution in [0.1, 0.15) is 52.4 Å². The number of rotatable bonds is 5. The quantitative estimate of drug-likeness (QED) is 0.835. The number of amides is 2. The normalized spacial score (nSPS) is 29.4. The van der Waals surface area contributed by atoms with Crippen molar-refractivity contribution >= 4 is 11.8 Å². The molecular formula is C16H26N2O2. The van der Waals surface area contributed by atoms with E-state index >= 15 is 0 Å². The molecule has 3 aliphatic rings. The Labute approximate surface area is 121 Å². The van der Waals surface area contributed by atoms with Crippen molar-refractivity contribution in [3.8, 4) is 0 Å². The van der Waals surface area contributed by atoms with Gasteiger partial charge in [0.2, 0.25) is 11.8 Å². The van der Waals surface area contributed by atoms with Gasteiger partial charge in [-0.1, -0.05) is 13.8 Å². The van der Waals surface area contributed by atoms with Crippen molar-refractivity contribution in [2.45, 2.75) is 58.4 Å². The highest BCUT2D eigenvalue weighted by atomic mass is 16.2. The first-order chi connectivity index (χ1) is 9.50. The number of carbonyl (C=O) groups excluding carboxylic acids is 2. The van der Waals surface area contributed by atoms with Crippen molar-refractivity contribution in [2.75, 3.05) is 13.1 Å². The van der Waals surface area contributed by atoms with Crippen molar-refractivity contribution in [1.29, 1.82) is 0 Å². The van der Waals surface area contributed by atoms with E-state index in [1.165, 1.54) is 25.7 Å². The molecule has 20 heavy (non-hydrogen) atoms. The summed E-state index contributed by atoms with van der Waals surface area (Å²) in [6, 6.07) is -0.306. The van der Waals surface area contributed by atoms with Gasteiger partial charge in [-0.3, -0.25) is 9.59 Å². The summed E-state index contributed by atoms with van der Waals surface area (Å²) in [7, 11) is 0. The monoisotopic (exact) mass is 278 g/mol. The summed E-state index contributed by atoms with van der Waals surface area (Å²) in [5.74, 6) is 1.45. The van der Waals surface area contributed by atoms with Crippen LogP contribution in [0.3, 0.4) is 0 Å². The number of hydrogen-bond donors (Lipinski definition) is 1. The molecule has 0 bridgehead atoms. The molecule has 1 unspecified atom stereocenters. The van der Waals surface area contributed by atoms with E-state index in [0.717, 1.165) is 18.9 Å². The Morgan fingerprint density at radius 2 is 2.00 bits per heavy atom. The standard InChI is InChI=1S/C16H26N2O2/c1-11(2)9-13-15(20)18(8-5-14(19)17-13)10-16(6-7-16)12-3-4-12/h11-13H,3-10H2,1-2H3,(H,17,19). The first-order valence-electron chi connectivity index (χ1n) is 8.08. The molecule has 0 aromatic heterocycles. The van der Waals surface area contributed by atoms with E-state index in [-0.39, 0.29) is 17.9 Å². The summed E-state index contributed by atoms with van der Waals surface area (Å²) in [5, 5.41) is 2.91. The fourth-order valence-corrected chi connectivity index (χ4v) is 3.62. The third-order valence-electron chi connectivity index (χ3n) is 5.10. The van der Waals surface area contributed by atoms with Gasteiger partial charge < -0.3 is 10.2 Å². The number of nitrogens with one attached hydrogen (secondary N) is 1. The van der Waals surface area contributed by atoms with Crippen molar-refractivity contribution in [1.82, 2.24) is 10.2 Å². The minimum Gasteiger partial charge on any atom is -0.344 e. The van der Waals surface area contributed by atoms with Gasteiger partial charge in [0.25, 0.3) is 0 Å². The third kappa shape index (κ3) is 2.84. The summed E-state index contributed by atoms with van der Waals surface area (Å²) in [6.07, 6.45) is 6.44. The minimum absolute atomic E-state index is 0.0303. The van der Waals surface area contributed by atoms with E-state index in [1.807, 2.05) is 4.90 Å². The van der Waals surface area contributed by atoms with Crippen LogP contribution in [0.2, 0.25) is 0 Å². The Morgan fingerprint density at radius 3 is 2.55 bits per heavy atom. The van der Waals surface area contributed by atoms with E-state index in [4.69, 9.17) is 0 Å². The molecule has 3 fully saturated rings. The molecule has 2 amide bonds. The Balaban J connectivity index is 1.68. The van der Waals surface area contributed by atoms with Gasteiger partial charge in [0.15, 0.2) is 0 Å². The molecule has 4 heteroatoms. The minimum atomic E-state index is -0.306. The fourth-order valence-electron chi connectivity index (χ4n) is 3.62. The van der Waals surface area contributed by atoms with Gasteiger partial charge in [0, 0.05) is 19.5 Å². The van der Waals surface area contributed by atoms with E-state index < -0.39 is 0 Å². The molecule has 3 rings (SSSR count). The van der Waals surface area contributed by atoms with E-state index in [2.05, 4.69) is 19.2 Å². The van der Waals surface area contributed by atoms with Crippen molar-refractivity contribution in [3.05, 3.63) is 0 Å². The van der Waals surface area contributed by atoms with Gasteiger partial charge in [-0.15, -0.1) is 0 Å². The highest BCUT2D eigenvalue weighted by Gasteiger charge is 2.55. The molecule has 0 radical (unpaired) electrons. The average Bonchev–Trinajstić information content (AvgIpc) is 3.23. The lowest BCUT2D eigenvalue weighted by Gasteiger charge is -2.29. The lowest BCUT2D eigenvalue weighted by Crippen LogP contribution is -2.47. The van der Waals surface area contributed by atoms with Gasteiger partial charge in [-0.25, -0.2) is 0 Å². The van der Waals surface area contributed by atoms with Crippen LogP contribution in [0.25, 0.3) is 0 Å². The number of carbonyl (C=O) groups is 2. The molecule has 2 saturated carbocycles. The molecule has 1 atom stereocenters. The Kier molecular flexibility index (Phi) is 3.51. The van der Waals surface area contributed by atoms with Crippen LogP contribution in [-0.2, 0) is 9.59 Å². The van der Waals surface area contributed by atoms with Gasteiger partial charge in [0.05, 0.1) is 0 Å². The zero-order chi connectivity index (χ0) is 14.3. The van der Waals surface area contributed by atoms with E-state index in [1.54, 1.807) is 0 Å². The Morgan fingerprint density at radius 1 is 1.30 bits per heavy atom. The maximum absolute atomic E-state index is 12.7. The zero-order valence-corrected chi connectivity index (χ0v) is 12.7. The summed E-state index contributed by atoms with van der Waals surface area (Å²) in [4.78, 5) is 26.5. The molecule has 1 heterocycles. The molecular weight excluding hydrogens is 252 g/mol. The van der Waals surface area contributed by atoms with Gasteiger partial charge in [0.1, 0.15) is 6.04 Å². The third-order valence-corrected chi connectivity index (χ3v) is 5.10. The summed E-state index contributed by atoms with van der Waals surface area (Å²) in [5.41, 5.74) is 0.422. The molecule has 1 N–H and O–H groups in total. The van der Waals surface area contributed by atoms with E-state index in [9.17, 15) is 9.59 Å². The van der Waals surface area contributed by atoms with Crippen LogP contribution >= 0.6 is 0 Å². The first-order valence-corrected chi connectivity index (χ1v) is 8.08. The summed E-state index contributed by atoms with van der Waals surface area (Å²) >= 11 is 0. The molecule has 0 aromatic rings. The molecule has 1 aliphatic heterocycles. The van der Waals surface area contributed by atoms with Crippen LogP contribution in [0.5, 0.6) is 0 Å². The van der Waals surface area contributed by atoms with Gasteiger partial charge in [-0.05, 0) is 49.4 Å². The zero-order valence-electron chi connectivity index (χ0n) is 12.7. The molecule has 0 spiro atoms. The van der Waals surface area contributed by atoms with Crippen LogP contribution in [0.15, 0.2) is 0 Å². The fraction of sp³-hybridized carbons (Fsp3) is 0.875.